The maximum absolute atomic E-state index is 10.9. The average molecular weight is 915 g/mol. The Morgan fingerprint density at radius 2 is 1.13 bits per heavy atom. The average Bonchev–Trinajstić information content (AvgIpc) is 3.36. The summed E-state index contributed by atoms with van der Waals surface area (Å²) in [5.74, 6) is 5.48. The van der Waals surface area contributed by atoms with E-state index in [1.165, 1.54) is 5.56 Å². The Labute approximate surface area is 393 Å². The van der Waals surface area contributed by atoms with Crippen molar-refractivity contribution < 1.29 is 42.7 Å². The van der Waals surface area contributed by atoms with E-state index in [9.17, 15) is 4.79 Å². The molecular weight excluding hydrogens is 853 g/mol. The van der Waals surface area contributed by atoms with E-state index in [0.717, 1.165) is 77.9 Å². The lowest BCUT2D eigenvalue weighted by Gasteiger charge is -2.28. The zero-order valence-corrected chi connectivity index (χ0v) is 39.2. The molecule has 0 aliphatic carbocycles. The maximum Gasteiger partial charge on any atom is 0.213 e. The molecule has 2 unspecified atom stereocenters. The van der Waals surface area contributed by atoms with Crippen LogP contribution in [0, 0.1) is 0 Å². The van der Waals surface area contributed by atoms with Gasteiger partial charge in [-0.1, -0.05) is 48.5 Å². The van der Waals surface area contributed by atoms with Crippen molar-refractivity contribution in [2.45, 2.75) is 25.3 Å². The summed E-state index contributed by atoms with van der Waals surface area (Å²) in [5, 5.41) is 3.47. The number of benzene rings is 4. The lowest BCUT2D eigenvalue weighted by Crippen LogP contribution is -2.38. The number of nitrogens with one attached hydrogen (secondary N) is 1. The molecule has 0 bridgehead atoms. The third-order valence-electron chi connectivity index (χ3n) is 10.3. The number of para-hydroxylation sites is 2. The van der Waals surface area contributed by atoms with E-state index in [1.807, 2.05) is 125 Å². The molecule has 15 nitrogen and oxygen atoms in total. The Morgan fingerprint density at radius 3 is 1.63 bits per heavy atom. The number of nitrogens with two attached hydrogens (primary N) is 1. The maximum atomic E-state index is 10.9. The fourth-order valence-electron chi connectivity index (χ4n) is 6.67. The van der Waals surface area contributed by atoms with Gasteiger partial charge in [0.15, 0.2) is 35.4 Å². The van der Waals surface area contributed by atoms with Gasteiger partial charge in [-0.05, 0) is 100.0 Å². The molecule has 2 aliphatic rings. The molecule has 0 saturated carbocycles. The van der Waals surface area contributed by atoms with E-state index in [0.29, 0.717) is 55.3 Å². The number of pyridine rings is 2. The number of rotatable bonds is 18. The van der Waals surface area contributed by atoms with Crippen LogP contribution in [0.5, 0.6) is 46.3 Å². The smallest absolute Gasteiger partial charge is 0.213 e. The number of carbonyl (C=O) groups is 1. The quantitative estimate of drug-likeness (QED) is 0.0865. The van der Waals surface area contributed by atoms with Crippen molar-refractivity contribution in [3.63, 3.8) is 0 Å². The summed E-state index contributed by atoms with van der Waals surface area (Å²) in [4.78, 5) is 24.0. The van der Waals surface area contributed by atoms with E-state index in [2.05, 4.69) is 37.2 Å². The highest BCUT2D eigenvalue weighted by Gasteiger charge is 2.26. The van der Waals surface area contributed by atoms with E-state index < -0.39 is 6.10 Å². The molecule has 2 atom stereocenters. The van der Waals surface area contributed by atoms with E-state index >= 15 is 0 Å². The number of likely N-dealkylation sites (N-methyl/N-ethyl adjacent to an activating group) is 2. The number of fused-ring (bicyclic) bond motifs is 2. The molecule has 0 amide bonds. The molecule has 2 aromatic heterocycles. The summed E-state index contributed by atoms with van der Waals surface area (Å²) in [6.07, 6.45) is 0.0470. The first-order valence-corrected chi connectivity index (χ1v) is 22.1. The second kappa shape index (κ2) is 25.7. The van der Waals surface area contributed by atoms with Gasteiger partial charge in [-0.25, -0.2) is 9.97 Å². The predicted octanol–water partition coefficient (Wildman–Crippen LogP) is 6.81. The number of carbonyl (C=O) groups excluding carboxylic acids is 1. The summed E-state index contributed by atoms with van der Waals surface area (Å²) in [7, 11) is 11.3. The van der Waals surface area contributed by atoms with E-state index in [1.54, 1.807) is 26.4 Å². The van der Waals surface area contributed by atoms with Gasteiger partial charge >= 0.3 is 0 Å². The van der Waals surface area contributed by atoms with Crippen LogP contribution in [0.25, 0.3) is 22.5 Å². The molecule has 0 radical (unpaired) electrons. The largest absolute Gasteiger partial charge is 0.492 e. The Morgan fingerprint density at radius 1 is 0.642 bits per heavy atom. The van der Waals surface area contributed by atoms with Crippen molar-refractivity contribution in [3.8, 4) is 68.8 Å². The van der Waals surface area contributed by atoms with Crippen molar-refractivity contribution >= 4 is 6.29 Å². The lowest BCUT2D eigenvalue weighted by atomic mass is 10.1. The Kier molecular flexibility index (Phi) is 19.0. The molecule has 15 heteroatoms. The zero-order chi connectivity index (χ0) is 47.4. The molecule has 4 aromatic carbocycles. The first kappa shape index (κ1) is 49.5. The number of hydrogen-bond acceptors (Lipinski definition) is 15. The highest BCUT2D eigenvalue weighted by Crippen LogP contribution is 2.42. The number of methoxy groups -OCH3 is 2. The zero-order valence-electron chi connectivity index (χ0n) is 39.2. The lowest BCUT2D eigenvalue weighted by molar-refractivity contribution is -0.115. The van der Waals surface area contributed by atoms with Gasteiger partial charge in [0.1, 0.15) is 44.0 Å². The van der Waals surface area contributed by atoms with Gasteiger partial charge in [-0.15, -0.1) is 0 Å². The topological polar surface area (TPSA) is 161 Å². The van der Waals surface area contributed by atoms with Gasteiger partial charge in [0, 0.05) is 56.0 Å². The molecule has 0 spiro atoms. The summed E-state index contributed by atoms with van der Waals surface area (Å²) in [6.45, 7) is 5.93. The SMILES string of the molecule is CN(C)CCOc1ccc(CN)cc1.COc1cccc(-c2cccc3c2OC(C=O)CO3)n1.COc1cccc(-c2cccc3c2OC(CNCc2ccc(OCCN(C)C)cc2)CO3)n1. The highest BCUT2D eigenvalue weighted by molar-refractivity contribution is 5.73. The highest BCUT2D eigenvalue weighted by atomic mass is 16.6. The summed E-state index contributed by atoms with van der Waals surface area (Å²) < 4.78 is 45.2. The van der Waals surface area contributed by atoms with Crippen LogP contribution in [-0.4, -0.2) is 127 Å². The van der Waals surface area contributed by atoms with Gasteiger partial charge in [-0.2, -0.15) is 0 Å². The van der Waals surface area contributed by atoms with E-state index in [4.69, 9.17) is 43.6 Å². The van der Waals surface area contributed by atoms with Crippen molar-refractivity contribution in [2.75, 3.05) is 88.5 Å². The molecular formula is C52H62N6O9. The van der Waals surface area contributed by atoms with Crippen LogP contribution in [0.15, 0.2) is 121 Å². The second-order valence-electron chi connectivity index (χ2n) is 16.0. The van der Waals surface area contributed by atoms with Crippen molar-refractivity contribution in [3.05, 3.63) is 132 Å². The first-order valence-electron chi connectivity index (χ1n) is 22.1. The third kappa shape index (κ3) is 15.1. The van der Waals surface area contributed by atoms with Gasteiger partial charge in [-0.3, -0.25) is 4.79 Å². The van der Waals surface area contributed by atoms with Gasteiger partial charge < -0.3 is 58.7 Å². The van der Waals surface area contributed by atoms with Crippen LogP contribution in [0.2, 0.25) is 0 Å². The molecule has 8 rings (SSSR count). The minimum Gasteiger partial charge on any atom is -0.492 e. The van der Waals surface area contributed by atoms with Crippen molar-refractivity contribution in [1.29, 1.82) is 0 Å². The standard InChI is InChI=1S/C26H31N3O4.C15H13NO4.C11H18N2O/c1-29(2)14-15-31-20-12-10-19(11-13-20)16-27-17-21-18-32-24-8-4-6-22(26(24)33-21)23-7-5-9-25(28-23)30-3;1-18-14-7-3-5-12(16-14)11-4-2-6-13-15(11)20-10(8-17)9-19-13;1-13(2)7-8-14-11-5-3-10(9-12)4-6-11/h4-13,21,27H,14-18H2,1-3H3;2-8,10H,9H2,1H3;3-6H,7-9,12H2,1-2H3. The fourth-order valence-corrected chi connectivity index (χ4v) is 6.67. The number of aromatic nitrogens is 2. The van der Waals surface area contributed by atoms with Gasteiger partial charge in [0.25, 0.3) is 0 Å². The summed E-state index contributed by atoms with van der Waals surface area (Å²) >= 11 is 0. The van der Waals surface area contributed by atoms with Crippen molar-refractivity contribution in [2.24, 2.45) is 5.73 Å². The molecule has 3 N–H and O–H groups in total. The minimum absolute atomic E-state index is 0.0992. The van der Waals surface area contributed by atoms with Crippen LogP contribution in [0.1, 0.15) is 11.1 Å². The molecule has 354 valence electrons. The number of ether oxygens (including phenoxy) is 8. The van der Waals surface area contributed by atoms with Crippen molar-refractivity contribution in [1.82, 2.24) is 25.1 Å². The summed E-state index contributed by atoms with van der Waals surface area (Å²) in [6, 6.07) is 38.6. The molecule has 67 heavy (non-hydrogen) atoms. The molecule has 4 heterocycles. The molecule has 0 saturated heterocycles. The van der Waals surface area contributed by atoms with Crippen LogP contribution in [-0.2, 0) is 17.9 Å². The molecule has 2 aliphatic heterocycles. The summed E-state index contributed by atoms with van der Waals surface area (Å²) in [5.41, 5.74) is 11.0. The van der Waals surface area contributed by atoms with Crippen LogP contribution < -0.4 is 48.9 Å². The molecule has 0 fully saturated rings. The third-order valence-corrected chi connectivity index (χ3v) is 10.3. The first-order chi connectivity index (χ1) is 32.7. The van der Waals surface area contributed by atoms with Crippen LogP contribution >= 0.6 is 0 Å². The number of hydrogen-bond donors (Lipinski definition) is 2. The van der Waals surface area contributed by atoms with Gasteiger partial charge in [0.2, 0.25) is 11.8 Å². The minimum atomic E-state index is -0.589. The van der Waals surface area contributed by atoms with Crippen LogP contribution in [0.3, 0.4) is 0 Å². The number of aldehydes is 1. The Balaban J connectivity index is 0.000000184. The van der Waals surface area contributed by atoms with Crippen LogP contribution in [0.4, 0.5) is 0 Å². The van der Waals surface area contributed by atoms with E-state index in [-0.39, 0.29) is 12.7 Å². The Bertz CT molecular complexity index is 2440. The Hall–Kier alpha value is -6.91. The number of nitrogens with zero attached hydrogens (tertiary/aromatic N) is 4. The second-order valence-corrected chi connectivity index (χ2v) is 16.0. The predicted molar refractivity (Wildman–Crippen MR) is 259 cm³/mol. The fraction of sp³-hybridized carbons (Fsp3) is 0.327. The normalized spacial score (nSPS) is 14.5. The molecule has 6 aromatic rings. The monoisotopic (exact) mass is 914 g/mol. The van der Waals surface area contributed by atoms with Gasteiger partial charge in [0.05, 0.1) is 25.6 Å².